The fourth-order valence-electron chi connectivity index (χ4n) is 1.99. The van der Waals surface area contributed by atoms with Crippen LogP contribution in [0, 0.1) is 0 Å². The van der Waals surface area contributed by atoms with Crippen LogP contribution >= 0.6 is 11.3 Å². The number of rotatable bonds is 4. The Labute approximate surface area is 117 Å². The Kier molecular flexibility index (Phi) is 4.44. The van der Waals surface area contributed by atoms with Crippen LogP contribution in [0.5, 0.6) is 0 Å². The number of carbonyl (C=O) groups is 1. The molecule has 104 valence electrons. The number of ether oxygens (including phenoxy) is 1. The molecule has 1 aliphatic rings. The van der Waals surface area contributed by atoms with E-state index >= 15 is 0 Å². The van der Waals surface area contributed by atoms with Crippen LogP contribution in [0.15, 0.2) is 18.7 Å². The standard InChI is InChI=1S/C13H19N3O2S/c1-3-4-15-13(17)12-10(14)7-11(19-12)16-5-6-18-9(2)8-16/h3,7,9H,1,4-6,8,14H2,2H3,(H,15,17). The van der Waals surface area contributed by atoms with Gasteiger partial charge >= 0.3 is 0 Å². The number of morpholine rings is 1. The summed E-state index contributed by atoms with van der Waals surface area (Å²) in [6.45, 7) is 8.42. The Hall–Kier alpha value is -1.53. The fourth-order valence-corrected chi connectivity index (χ4v) is 3.02. The van der Waals surface area contributed by atoms with Gasteiger partial charge in [-0.25, -0.2) is 0 Å². The number of nitrogens with zero attached hydrogens (tertiary/aromatic N) is 1. The molecule has 6 heteroatoms. The van der Waals surface area contributed by atoms with Crippen LogP contribution in [-0.2, 0) is 4.74 Å². The second-order valence-corrected chi connectivity index (χ2v) is 5.53. The van der Waals surface area contributed by atoms with E-state index in [1.807, 2.05) is 13.0 Å². The van der Waals surface area contributed by atoms with Crippen LogP contribution < -0.4 is 16.0 Å². The van der Waals surface area contributed by atoms with Crippen molar-refractivity contribution < 1.29 is 9.53 Å². The van der Waals surface area contributed by atoms with Gasteiger partial charge in [0.2, 0.25) is 0 Å². The summed E-state index contributed by atoms with van der Waals surface area (Å²) in [6.07, 6.45) is 1.85. The highest BCUT2D eigenvalue weighted by Gasteiger charge is 2.21. The smallest absolute Gasteiger partial charge is 0.263 e. The molecule has 19 heavy (non-hydrogen) atoms. The van der Waals surface area contributed by atoms with Crippen molar-refractivity contribution in [1.82, 2.24) is 5.32 Å². The Balaban J connectivity index is 2.11. The van der Waals surface area contributed by atoms with Crippen LogP contribution in [-0.4, -0.2) is 38.3 Å². The predicted molar refractivity (Wildman–Crippen MR) is 78.9 cm³/mol. The second-order valence-electron chi connectivity index (χ2n) is 4.50. The monoisotopic (exact) mass is 281 g/mol. The first kappa shape index (κ1) is 13.9. The average molecular weight is 281 g/mol. The van der Waals surface area contributed by atoms with Crippen LogP contribution in [0.4, 0.5) is 10.7 Å². The molecule has 0 radical (unpaired) electrons. The molecule has 3 N–H and O–H groups in total. The van der Waals surface area contributed by atoms with E-state index in [0.29, 0.717) is 23.7 Å². The highest BCUT2D eigenvalue weighted by Crippen LogP contribution is 2.33. The first-order chi connectivity index (χ1) is 9.11. The lowest BCUT2D eigenvalue weighted by atomic mass is 10.3. The van der Waals surface area contributed by atoms with Gasteiger partial charge in [0.1, 0.15) is 4.88 Å². The van der Waals surface area contributed by atoms with E-state index in [1.165, 1.54) is 11.3 Å². The third-order valence-electron chi connectivity index (χ3n) is 2.91. The van der Waals surface area contributed by atoms with Gasteiger partial charge in [0.05, 0.1) is 23.4 Å². The maximum absolute atomic E-state index is 11.9. The minimum Gasteiger partial charge on any atom is -0.397 e. The number of hydrogen-bond donors (Lipinski definition) is 2. The zero-order valence-electron chi connectivity index (χ0n) is 11.0. The lowest BCUT2D eigenvalue weighted by Crippen LogP contribution is -2.40. The molecule has 1 amide bonds. The number of anilines is 2. The number of carbonyl (C=O) groups excluding carboxylic acids is 1. The van der Waals surface area contributed by atoms with Gasteiger partial charge < -0.3 is 20.7 Å². The van der Waals surface area contributed by atoms with E-state index < -0.39 is 0 Å². The van der Waals surface area contributed by atoms with Gasteiger partial charge in [-0.2, -0.15) is 0 Å². The van der Waals surface area contributed by atoms with Crippen molar-refractivity contribution >= 4 is 27.9 Å². The summed E-state index contributed by atoms with van der Waals surface area (Å²) < 4.78 is 5.51. The average Bonchev–Trinajstić information content (AvgIpc) is 2.78. The zero-order valence-corrected chi connectivity index (χ0v) is 11.8. The Bertz CT molecular complexity index is 472. The van der Waals surface area contributed by atoms with Gasteiger partial charge in [-0.1, -0.05) is 6.08 Å². The van der Waals surface area contributed by atoms with Crippen molar-refractivity contribution in [3.8, 4) is 0 Å². The Morgan fingerprint density at radius 2 is 2.58 bits per heavy atom. The number of amides is 1. The molecule has 1 aliphatic heterocycles. The summed E-state index contributed by atoms with van der Waals surface area (Å²) in [6, 6.07) is 1.87. The van der Waals surface area contributed by atoms with Gasteiger partial charge in [-0.3, -0.25) is 4.79 Å². The van der Waals surface area contributed by atoms with Crippen molar-refractivity contribution in [1.29, 1.82) is 0 Å². The SMILES string of the molecule is C=CCNC(=O)c1sc(N2CCOC(C)C2)cc1N. The number of nitrogens with two attached hydrogens (primary N) is 1. The summed E-state index contributed by atoms with van der Waals surface area (Å²) in [5.74, 6) is -0.144. The predicted octanol–water partition coefficient (Wildman–Crippen LogP) is 1.47. The van der Waals surface area contributed by atoms with Gasteiger partial charge in [0.25, 0.3) is 5.91 Å². The van der Waals surface area contributed by atoms with Crippen LogP contribution in [0.1, 0.15) is 16.6 Å². The first-order valence-corrected chi connectivity index (χ1v) is 7.08. The van der Waals surface area contributed by atoms with E-state index in [-0.39, 0.29) is 12.0 Å². The molecule has 1 aromatic heterocycles. The molecule has 0 bridgehead atoms. The third kappa shape index (κ3) is 3.27. The molecule has 2 rings (SSSR count). The third-order valence-corrected chi connectivity index (χ3v) is 4.12. The second kappa shape index (κ2) is 6.08. The molecule has 1 fully saturated rings. The molecule has 0 aliphatic carbocycles. The van der Waals surface area contributed by atoms with Crippen molar-refractivity contribution in [2.45, 2.75) is 13.0 Å². The molecule has 1 saturated heterocycles. The molecule has 0 aromatic carbocycles. The number of thiophene rings is 1. The van der Waals surface area contributed by atoms with Gasteiger partial charge in [-0.15, -0.1) is 17.9 Å². The van der Waals surface area contributed by atoms with Gasteiger partial charge in [0.15, 0.2) is 0 Å². The topological polar surface area (TPSA) is 67.6 Å². The van der Waals surface area contributed by atoms with Crippen LogP contribution in [0.2, 0.25) is 0 Å². The number of nitrogens with one attached hydrogen (secondary N) is 1. The molecule has 0 saturated carbocycles. The zero-order chi connectivity index (χ0) is 13.8. The van der Waals surface area contributed by atoms with E-state index in [1.54, 1.807) is 6.08 Å². The lowest BCUT2D eigenvalue weighted by molar-refractivity contribution is 0.0534. The minimum absolute atomic E-state index is 0.144. The summed E-state index contributed by atoms with van der Waals surface area (Å²) in [5, 5.41) is 3.77. The summed E-state index contributed by atoms with van der Waals surface area (Å²) >= 11 is 1.43. The van der Waals surface area contributed by atoms with Crippen molar-refractivity contribution in [2.24, 2.45) is 0 Å². The van der Waals surface area contributed by atoms with E-state index in [0.717, 1.165) is 18.1 Å². The van der Waals surface area contributed by atoms with Gasteiger partial charge in [0, 0.05) is 19.6 Å². The summed E-state index contributed by atoms with van der Waals surface area (Å²) in [5.41, 5.74) is 6.45. The molecular weight excluding hydrogens is 262 g/mol. The minimum atomic E-state index is -0.144. The normalized spacial score (nSPS) is 19.2. The Morgan fingerprint density at radius 1 is 1.79 bits per heavy atom. The molecule has 2 heterocycles. The quantitative estimate of drug-likeness (QED) is 0.820. The largest absolute Gasteiger partial charge is 0.397 e. The molecule has 5 nitrogen and oxygen atoms in total. The van der Waals surface area contributed by atoms with Crippen LogP contribution in [0.3, 0.4) is 0 Å². The first-order valence-electron chi connectivity index (χ1n) is 6.26. The van der Waals surface area contributed by atoms with E-state index in [4.69, 9.17) is 10.5 Å². The molecule has 1 unspecified atom stereocenters. The van der Waals surface area contributed by atoms with E-state index in [2.05, 4.69) is 16.8 Å². The molecule has 1 aromatic rings. The Morgan fingerprint density at radius 3 is 3.26 bits per heavy atom. The van der Waals surface area contributed by atoms with Gasteiger partial charge in [-0.05, 0) is 13.0 Å². The van der Waals surface area contributed by atoms with Crippen molar-refractivity contribution in [3.63, 3.8) is 0 Å². The molecule has 0 spiro atoms. The molecular formula is C13H19N3O2S. The highest BCUT2D eigenvalue weighted by atomic mass is 32.1. The van der Waals surface area contributed by atoms with Crippen molar-refractivity contribution in [2.75, 3.05) is 36.9 Å². The maximum Gasteiger partial charge on any atom is 0.263 e. The van der Waals surface area contributed by atoms with Crippen molar-refractivity contribution in [3.05, 3.63) is 23.6 Å². The lowest BCUT2D eigenvalue weighted by Gasteiger charge is -2.31. The highest BCUT2D eigenvalue weighted by molar-refractivity contribution is 7.18. The summed E-state index contributed by atoms with van der Waals surface area (Å²) in [7, 11) is 0. The molecule has 1 atom stereocenters. The van der Waals surface area contributed by atoms with Crippen LogP contribution in [0.25, 0.3) is 0 Å². The fraction of sp³-hybridized carbons (Fsp3) is 0.462. The maximum atomic E-state index is 11.9. The number of hydrogen-bond acceptors (Lipinski definition) is 5. The number of nitrogen functional groups attached to an aromatic ring is 1. The summed E-state index contributed by atoms with van der Waals surface area (Å²) in [4.78, 5) is 14.7. The van der Waals surface area contributed by atoms with E-state index in [9.17, 15) is 4.79 Å².